The van der Waals surface area contributed by atoms with Crippen LogP contribution in [-0.2, 0) is 45.1 Å². The Morgan fingerprint density at radius 2 is 1.57 bits per heavy atom. The maximum atomic E-state index is 14.0. The predicted octanol–water partition coefficient (Wildman–Crippen LogP) is 8.29. The van der Waals surface area contributed by atoms with Crippen molar-refractivity contribution in [2.24, 2.45) is 0 Å². The van der Waals surface area contributed by atoms with E-state index in [1.54, 1.807) is 93.7 Å². The molecule has 3 atom stereocenters. The summed E-state index contributed by atoms with van der Waals surface area (Å²) in [4.78, 5) is 56.5. The molecule has 14 heteroatoms. The first-order valence-corrected chi connectivity index (χ1v) is 19.9. The van der Waals surface area contributed by atoms with Crippen molar-refractivity contribution in [3.05, 3.63) is 147 Å². The molecule has 12 nitrogen and oxygen atoms in total. The number of carboxylic acids is 1. The molecule has 0 spiro atoms. The summed E-state index contributed by atoms with van der Waals surface area (Å²) in [5.41, 5.74) is 6.30. The Morgan fingerprint density at radius 3 is 2.20 bits per heavy atom. The van der Waals surface area contributed by atoms with Crippen LogP contribution in [0.4, 0.5) is 10.5 Å². The molecular weight excluding hydrogens is 807 g/mol. The molecule has 306 valence electrons. The van der Waals surface area contributed by atoms with Gasteiger partial charge in [0.15, 0.2) is 0 Å². The minimum atomic E-state index is -1.30. The van der Waals surface area contributed by atoms with Gasteiger partial charge in [-0.15, -0.1) is 0 Å². The van der Waals surface area contributed by atoms with Gasteiger partial charge in [0.25, 0.3) is 5.91 Å². The number of carbonyl (C=O) groups is 4. The van der Waals surface area contributed by atoms with E-state index in [9.17, 15) is 24.3 Å². The van der Waals surface area contributed by atoms with Crippen LogP contribution < -0.4 is 19.7 Å². The molecule has 0 fully saturated rings. The molecule has 0 saturated carbocycles. The maximum absolute atomic E-state index is 14.0. The average Bonchev–Trinajstić information content (AvgIpc) is 3.24. The van der Waals surface area contributed by atoms with E-state index in [1.807, 2.05) is 30.3 Å². The van der Waals surface area contributed by atoms with Crippen molar-refractivity contribution >= 4 is 52.8 Å². The Hall–Kier alpha value is -6.55. The fourth-order valence-corrected chi connectivity index (χ4v) is 7.47. The number of halogens is 2. The molecule has 7 rings (SSSR count). The van der Waals surface area contributed by atoms with Crippen molar-refractivity contribution in [1.29, 1.82) is 5.26 Å². The molecule has 2 aliphatic heterocycles. The van der Waals surface area contributed by atoms with Crippen molar-refractivity contribution in [2.75, 3.05) is 11.9 Å². The second kappa shape index (κ2) is 17.7. The number of nitrogens with zero attached hydrogens (tertiary/aromatic N) is 3. The van der Waals surface area contributed by atoms with Gasteiger partial charge in [-0.3, -0.25) is 14.5 Å². The van der Waals surface area contributed by atoms with E-state index in [-0.39, 0.29) is 31.9 Å². The Morgan fingerprint density at radius 1 is 0.900 bits per heavy atom. The number of rotatable bonds is 11. The Balaban J connectivity index is 1.07. The topological polar surface area (TPSA) is 158 Å². The smallest absolute Gasteiger partial charge is 0.411 e. The molecule has 0 aromatic heterocycles. The van der Waals surface area contributed by atoms with Gasteiger partial charge in [0, 0.05) is 25.5 Å². The van der Waals surface area contributed by atoms with Crippen LogP contribution in [0.1, 0.15) is 53.3 Å². The van der Waals surface area contributed by atoms with Crippen molar-refractivity contribution in [3.63, 3.8) is 0 Å². The molecule has 5 aromatic carbocycles. The average molecular weight is 848 g/mol. The summed E-state index contributed by atoms with van der Waals surface area (Å²) in [5.74, 6) is -1.22. The number of hydrogen-bond acceptors (Lipinski definition) is 8. The number of carbonyl (C=O) groups excluding carboxylic acids is 3. The summed E-state index contributed by atoms with van der Waals surface area (Å²) < 4.78 is 17.8. The van der Waals surface area contributed by atoms with E-state index in [2.05, 4.69) is 11.4 Å². The van der Waals surface area contributed by atoms with E-state index in [0.717, 1.165) is 16.7 Å². The Kier molecular flexibility index (Phi) is 12.3. The summed E-state index contributed by atoms with van der Waals surface area (Å²) in [7, 11) is 1.64. The summed E-state index contributed by atoms with van der Waals surface area (Å²) >= 11 is 12.2. The van der Waals surface area contributed by atoms with Crippen LogP contribution in [0.3, 0.4) is 0 Å². The lowest BCUT2D eigenvalue weighted by Crippen LogP contribution is -2.56. The second-order valence-corrected chi connectivity index (χ2v) is 15.7. The highest BCUT2D eigenvalue weighted by Gasteiger charge is 2.40. The number of hydrogen-bond donors (Lipinski definition) is 2. The summed E-state index contributed by atoms with van der Waals surface area (Å²) in [5, 5.41) is 22.8. The molecule has 0 bridgehead atoms. The van der Waals surface area contributed by atoms with Crippen molar-refractivity contribution in [3.8, 4) is 28.7 Å². The van der Waals surface area contributed by atoms with Gasteiger partial charge in [-0.25, -0.2) is 9.59 Å². The third-order valence-corrected chi connectivity index (χ3v) is 11.1. The van der Waals surface area contributed by atoms with Crippen LogP contribution in [0, 0.1) is 11.3 Å². The lowest BCUT2D eigenvalue weighted by molar-refractivity contribution is -0.142. The number of benzene rings is 5. The van der Waals surface area contributed by atoms with Gasteiger partial charge in [-0.05, 0) is 95.8 Å². The zero-order valence-electron chi connectivity index (χ0n) is 32.9. The van der Waals surface area contributed by atoms with Gasteiger partial charge in [-0.1, -0.05) is 77.8 Å². The third kappa shape index (κ3) is 9.18. The van der Waals surface area contributed by atoms with Gasteiger partial charge in [0.2, 0.25) is 12.0 Å². The van der Waals surface area contributed by atoms with Gasteiger partial charge in [0.1, 0.15) is 30.2 Å². The number of aliphatic carboxylic acids is 1. The number of amides is 3. The SMILES string of the molecule is CC(C)OC(=O)N1Cc2cc3c(cc2CC1C(=O)N[C@@H](Cc1ccc(-c2ccc(C#N)cc2)cc1)C(=O)O)N(C)C(=O)C(c1ccc(OCc2ccc(Cl)c(Cl)c2)cc1)O3. The monoisotopic (exact) mass is 846 g/mol. The molecular formula is C46H40Cl2N4O8. The molecule has 0 saturated heterocycles. The maximum Gasteiger partial charge on any atom is 0.411 e. The van der Waals surface area contributed by atoms with Crippen LogP contribution in [0.5, 0.6) is 11.5 Å². The second-order valence-electron chi connectivity index (χ2n) is 14.9. The molecule has 3 amide bonds. The number of nitriles is 1. The molecule has 2 aliphatic rings. The summed E-state index contributed by atoms with van der Waals surface area (Å²) in [6.45, 7) is 3.63. The van der Waals surface area contributed by atoms with Crippen molar-refractivity contribution in [1.82, 2.24) is 10.2 Å². The number of anilines is 1. The standard InChI is InChI=1S/C46H40Cl2N4O8/c1-26(2)59-46(57)52-24-34-22-41-39(51(3)44(54)42(60-41)32-13-15-35(16-14-32)58-25-29-8-17-36(47)37(48)18-29)20-33(34)21-40(52)43(53)50-38(45(55)56)19-27-4-9-30(10-5-27)31-11-6-28(23-49)7-12-31/h4-18,20,22,26,38,40,42H,19,21,24-25H2,1-3H3,(H,50,53)(H,55,56)/t38-,40?,42?/m0/s1. The van der Waals surface area contributed by atoms with E-state index in [1.165, 1.54) is 9.80 Å². The van der Waals surface area contributed by atoms with Gasteiger partial charge >= 0.3 is 12.1 Å². The van der Waals surface area contributed by atoms with Gasteiger partial charge in [-0.2, -0.15) is 5.26 Å². The normalized spacial score (nSPS) is 16.2. The van der Waals surface area contributed by atoms with Gasteiger partial charge < -0.3 is 29.5 Å². The van der Waals surface area contributed by atoms with E-state index in [0.29, 0.717) is 55.0 Å². The number of ether oxygens (including phenoxy) is 3. The largest absolute Gasteiger partial charge is 0.489 e. The lowest BCUT2D eigenvalue weighted by atomic mass is 9.91. The molecule has 60 heavy (non-hydrogen) atoms. The van der Waals surface area contributed by atoms with E-state index < -0.39 is 42.3 Å². The molecule has 0 aliphatic carbocycles. The zero-order chi connectivity index (χ0) is 42.7. The Bertz CT molecular complexity index is 2490. The first-order chi connectivity index (χ1) is 28.8. The highest BCUT2D eigenvalue weighted by molar-refractivity contribution is 6.42. The van der Waals surface area contributed by atoms with Crippen LogP contribution in [0.25, 0.3) is 11.1 Å². The fraction of sp³-hybridized carbons (Fsp3) is 0.239. The van der Waals surface area contributed by atoms with Crippen LogP contribution in [0.15, 0.2) is 103 Å². The first-order valence-electron chi connectivity index (χ1n) is 19.1. The van der Waals surface area contributed by atoms with Crippen molar-refractivity contribution in [2.45, 2.75) is 64.1 Å². The first kappa shape index (κ1) is 41.6. The summed E-state index contributed by atoms with van der Waals surface area (Å²) in [6, 6.07) is 29.9. The van der Waals surface area contributed by atoms with Gasteiger partial charge in [0.05, 0.1) is 40.0 Å². The molecule has 5 aromatic rings. The number of fused-ring (bicyclic) bond motifs is 2. The molecule has 2 heterocycles. The quantitative estimate of drug-likeness (QED) is 0.133. The number of carboxylic acid groups (broad SMARTS) is 1. The van der Waals surface area contributed by atoms with Crippen LogP contribution in [0.2, 0.25) is 10.0 Å². The molecule has 0 radical (unpaired) electrons. The number of likely N-dealkylation sites (N-methyl/N-ethyl adjacent to an activating group) is 1. The minimum absolute atomic E-state index is 0.0120. The number of nitrogens with one attached hydrogen (secondary N) is 1. The van der Waals surface area contributed by atoms with E-state index >= 15 is 0 Å². The Labute approximate surface area is 356 Å². The van der Waals surface area contributed by atoms with E-state index in [4.69, 9.17) is 42.7 Å². The fourth-order valence-electron chi connectivity index (χ4n) is 7.15. The molecule has 2 N–H and O–H groups in total. The van der Waals surface area contributed by atoms with Crippen molar-refractivity contribution < 1.29 is 38.5 Å². The van der Waals surface area contributed by atoms with Crippen LogP contribution >= 0.6 is 23.2 Å². The minimum Gasteiger partial charge on any atom is -0.489 e. The lowest BCUT2D eigenvalue weighted by Gasteiger charge is -2.38. The zero-order valence-corrected chi connectivity index (χ0v) is 34.4. The highest BCUT2D eigenvalue weighted by Crippen LogP contribution is 2.42. The van der Waals surface area contributed by atoms with Crippen LogP contribution in [-0.4, -0.2) is 59.1 Å². The highest BCUT2D eigenvalue weighted by atomic mass is 35.5. The summed E-state index contributed by atoms with van der Waals surface area (Å²) in [6.07, 6.45) is -2.16. The predicted molar refractivity (Wildman–Crippen MR) is 225 cm³/mol. The molecule has 2 unspecified atom stereocenters. The third-order valence-electron chi connectivity index (χ3n) is 10.4.